The summed E-state index contributed by atoms with van der Waals surface area (Å²) in [6.07, 6.45) is 5.64. The Morgan fingerprint density at radius 2 is 1.42 bits per heavy atom. The molecule has 65 heavy (non-hydrogen) atoms. The van der Waals surface area contributed by atoms with Crippen LogP contribution in [0, 0.1) is 11.8 Å². The maximum Gasteiger partial charge on any atom is 0.326 e. The lowest BCUT2D eigenvalue weighted by molar-refractivity contribution is -0.145. The van der Waals surface area contributed by atoms with Gasteiger partial charge in [-0.1, -0.05) is 83.0 Å². The fraction of sp³-hybridized carbons (Fsp3) is 0.522. The van der Waals surface area contributed by atoms with E-state index in [-0.39, 0.29) is 38.0 Å². The van der Waals surface area contributed by atoms with Crippen LogP contribution in [0.25, 0.3) is 0 Å². The number of likely N-dealkylation sites (tertiary alicyclic amines) is 1. The van der Waals surface area contributed by atoms with Gasteiger partial charge < -0.3 is 58.1 Å². The van der Waals surface area contributed by atoms with Gasteiger partial charge in [0.25, 0.3) is 0 Å². The molecule has 354 valence electrons. The van der Waals surface area contributed by atoms with E-state index >= 15 is 0 Å². The van der Waals surface area contributed by atoms with Crippen LogP contribution in [0.3, 0.4) is 0 Å². The number of carboxylic acid groups (broad SMARTS) is 1. The van der Waals surface area contributed by atoms with Gasteiger partial charge in [0.1, 0.15) is 42.0 Å². The first kappa shape index (κ1) is 51.3. The topological polar surface area (TPSA) is 304 Å². The Labute approximate surface area is 379 Å². The number of rotatable bonds is 25. The van der Waals surface area contributed by atoms with Crippen LogP contribution < -0.4 is 38.1 Å². The summed E-state index contributed by atoms with van der Waals surface area (Å²) in [6, 6.07) is 6.93. The number of carboxylic acids is 1. The van der Waals surface area contributed by atoms with Gasteiger partial charge in [-0.15, -0.1) is 0 Å². The number of carbonyl (C=O) groups is 7. The number of aromatic hydroxyl groups is 1. The molecule has 1 fully saturated rings. The summed E-state index contributed by atoms with van der Waals surface area (Å²) in [5, 5.41) is 33.6. The van der Waals surface area contributed by atoms with Crippen molar-refractivity contribution in [3.05, 3.63) is 83.9 Å². The Hall–Kier alpha value is -6.34. The number of aliphatic carboxylic acids is 1. The molecule has 1 aromatic heterocycles. The highest BCUT2D eigenvalue weighted by molar-refractivity contribution is 5.97. The Balaban J connectivity index is 1.56. The first-order valence-electron chi connectivity index (χ1n) is 22.3. The molecule has 2 aromatic carbocycles. The molecule has 12 N–H and O–H groups in total. The maximum atomic E-state index is 14.5. The van der Waals surface area contributed by atoms with Crippen molar-refractivity contribution in [1.82, 2.24) is 41.5 Å². The van der Waals surface area contributed by atoms with E-state index < -0.39 is 95.5 Å². The molecule has 0 spiro atoms. The number of aromatic amines is 1. The number of phenols is 1. The second-order valence-corrected chi connectivity index (χ2v) is 17.0. The number of nitrogens with zero attached hydrogens (tertiary/aromatic N) is 2. The third kappa shape index (κ3) is 15.4. The number of amides is 6. The molecule has 1 aliphatic heterocycles. The highest BCUT2D eigenvalue weighted by Gasteiger charge is 2.41. The zero-order valence-corrected chi connectivity index (χ0v) is 37.6. The van der Waals surface area contributed by atoms with E-state index in [9.17, 15) is 43.8 Å². The van der Waals surface area contributed by atoms with Crippen molar-refractivity contribution >= 4 is 41.4 Å². The van der Waals surface area contributed by atoms with Crippen molar-refractivity contribution in [1.29, 1.82) is 0 Å². The minimum atomic E-state index is -1.27. The Kier molecular flexibility index (Phi) is 19.9. The third-order valence-corrected chi connectivity index (χ3v) is 11.7. The Bertz CT molecular complexity index is 2030. The molecular formula is C46H66N10O9. The largest absolute Gasteiger partial charge is 0.508 e. The summed E-state index contributed by atoms with van der Waals surface area (Å²) < 4.78 is 0. The van der Waals surface area contributed by atoms with Crippen LogP contribution in [0.1, 0.15) is 83.0 Å². The molecule has 0 aliphatic carbocycles. The highest BCUT2D eigenvalue weighted by Crippen LogP contribution is 2.21. The van der Waals surface area contributed by atoms with E-state index in [1.165, 1.54) is 29.6 Å². The van der Waals surface area contributed by atoms with Crippen LogP contribution >= 0.6 is 0 Å². The molecule has 0 bridgehead atoms. The van der Waals surface area contributed by atoms with Gasteiger partial charge in [-0.2, -0.15) is 0 Å². The van der Waals surface area contributed by atoms with Gasteiger partial charge in [-0.3, -0.25) is 28.8 Å². The predicted octanol–water partition coefficient (Wildman–Crippen LogP) is 0.801. The molecule has 19 heteroatoms. The number of phenolic OH excluding ortho intramolecular Hbond substituents is 1. The van der Waals surface area contributed by atoms with Gasteiger partial charge in [0.05, 0.1) is 12.4 Å². The number of nitrogens with one attached hydrogen (secondary N) is 6. The van der Waals surface area contributed by atoms with Gasteiger partial charge in [0.2, 0.25) is 35.4 Å². The molecule has 19 nitrogen and oxygen atoms in total. The van der Waals surface area contributed by atoms with Gasteiger partial charge in [0, 0.05) is 37.7 Å². The van der Waals surface area contributed by atoms with E-state index in [0.29, 0.717) is 55.5 Å². The smallest absolute Gasteiger partial charge is 0.326 e. The number of H-pyrrole nitrogens is 1. The fourth-order valence-electron chi connectivity index (χ4n) is 7.63. The number of hydrogen-bond donors (Lipinski definition) is 10. The summed E-state index contributed by atoms with van der Waals surface area (Å²) in [6.45, 7) is 7.67. The van der Waals surface area contributed by atoms with Gasteiger partial charge in [0.15, 0.2) is 0 Å². The first-order chi connectivity index (χ1) is 31.0. The molecule has 0 saturated carbocycles. The molecule has 0 unspecified atom stereocenters. The first-order valence-corrected chi connectivity index (χ1v) is 22.3. The minimum absolute atomic E-state index is 0.00898. The van der Waals surface area contributed by atoms with E-state index in [4.69, 9.17) is 11.5 Å². The monoisotopic (exact) mass is 903 g/mol. The van der Waals surface area contributed by atoms with Crippen molar-refractivity contribution in [2.24, 2.45) is 23.3 Å². The Morgan fingerprint density at radius 3 is 2.03 bits per heavy atom. The minimum Gasteiger partial charge on any atom is -0.508 e. The maximum absolute atomic E-state index is 14.5. The average molecular weight is 903 g/mol. The summed E-state index contributed by atoms with van der Waals surface area (Å²) in [7, 11) is 0. The fourth-order valence-corrected chi connectivity index (χ4v) is 7.63. The molecule has 6 amide bonds. The van der Waals surface area contributed by atoms with Crippen molar-refractivity contribution in [3.63, 3.8) is 0 Å². The van der Waals surface area contributed by atoms with Crippen LogP contribution in [-0.2, 0) is 52.8 Å². The number of aromatic nitrogens is 2. The SMILES string of the molecule is CC[C@H](C)[C@H](NC(=O)[C@H](Cc1ccc(O)cc1)NC(=O)[C@@H](NC(=O)[C@@H](N)CCCCN)C(C)C)C(=O)N[C@@H](Cc1cnc[nH]1)C(=O)N1CCC[C@H]1C(=O)N[C@@H](Cc1ccccc1)C(=O)O. The number of benzene rings is 2. The normalized spacial score (nSPS) is 16.8. The standard InChI is InChI=1S/C46H66N10O9/c1-5-28(4)39(55-41(59)34(22-30-16-18-32(57)19-17-30)51-43(61)38(27(2)3)54-40(58)33(48)14-9-10-20-47)44(62)52-35(24-31-25-49-26-50-31)45(63)56-21-11-15-37(56)42(60)53-36(46(64)65)23-29-12-7-6-8-13-29/h6-8,12-13,16-19,25-28,33-39,57H,5,9-11,14-15,20-24,47-48H2,1-4H3,(H,49,50)(H,51,61)(H,52,62)(H,53,60)(H,54,58)(H,55,59)(H,64,65)/t28-,33-,34-,35-,36-,37-,38-,39-/m0/s1. The van der Waals surface area contributed by atoms with Crippen LogP contribution in [-0.4, -0.2) is 122 Å². The molecular weight excluding hydrogens is 837 g/mol. The van der Waals surface area contributed by atoms with E-state index in [2.05, 4.69) is 36.6 Å². The summed E-state index contributed by atoms with van der Waals surface area (Å²) in [5.74, 6) is -5.98. The van der Waals surface area contributed by atoms with Crippen LogP contribution in [0.5, 0.6) is 5.75 Å². The van der Waals surface area contributed by atoms with Crippen LogP contribution in [0.2, 0.25) is 0 Å². The second kappa shape index (κ2) is 25.2. The lowest BCUT2D eigenvalue weighted by Crippen LogP contribution is -2.61. The average Bonchev–Trinajstić information content (AvgIpc) is 4.00. The van der Waals surface area contributed by atoms with Crippen LogP contribution in [0.4, 0.5) is 0 Å². The molecule has 1 aliphatic rings. The molecule has 2 heterocycles. The summed E-state index contributed by atoms with van der Waals surface area (Å²) in [4.78, 5) is 104. The Morgan fingerprint density at radius 1 is 0.785 bits per heavy atom. The van der Waals surface area contributed by atoms with Crippen molar-refractivity contribution < 1.29 is 43.8 Å². The summed E-state index contributed by atoms with van der Waals surface area (Å²) >= 11 is 0. The lowest BCUT2D eigenvalue weighted by Gasteiger charge is -2.32. The highest BCUT2D eigenvalue weighted by atomic mass is 16.4. The second-order valence-electron chi connectivity index (χ2n) is 17.0. The molecule has 8 atom stereocenters. The number of carbonyl (C=O) groups excluding carboxylic acids is 6. The quantitative estimate of drug-likeness (QED) is 0.0529. The van der Waals surface area contributed by atoms with Crippen molar-refractivity contribution in [2.75, 3.05) is 13.1 Å². The van der Waals surface area contributed by atoms with Gasteiger partial charge in [-0.05, 0) is 67.3 Å². The van der Waals surface area contributed by atoms with Gasteiger partial charge >= 0.3 is 5.97 Å². The lowest BCUT2D eigenvalue weighted by atomic mass is 9.96. The van der Waals surface area contributed by atoms with Gasteiger partial charge in [-0.25, -0.2) is 9.78 Å². The zero-order chi connectivity index (χ0) is 47.6. The number of imidazole rings is 1. The predicted molar refractivity (Wildman–Crippen MR) is 241 cm³/mol. The van der Waals surface area contributed by atoms with E-state index in [1.54, 1.807) is 63.2 Å². The van der Waals surface area contributed by atoms with Crippen LogP contribution in [0.15, 0.2) is 67.1 Å². The molecule has 0 radical (unpaired) electrons. The number of hydrogen-bond acceptors (Lipinski definition) is 11. The van der Waals surface area contributed by atoms with E-state index in [0.717, 1.165) is 0 Å². The third-order valence-electron chi connectivity index (χ3n) is 11.7. The number of unbranched alkanes of at least 4 members (excludes halogenated alkanes) is 1. The molecule has 3 aromatic rings. The summed E-state index contributed by atoms with van der Waals surface area (Å²) in [5.41, 5.74) is 13.5. The number of nitrogens with two attached hydrogens (primary N) is 2. The molecule has 4 rings (SSSR count). The van der Waals surface area contributed by atoms with E-state index in [1.807, 2.05) is 6.92 Å². The van der Waals surface area contributed by atoms with Crippen molar-refractivity contribution in [2.45, 2.75) is 128 Å². The molecule has 1 saturated heterocycles. The zero-order valence-electron chi connectivity index (χ0n) is 37.6. The van der Waals surface area contributed by atoms with Crippen molar-refractivity contribution in [3.8, 4) is 5.75 Å².